The topological polar surface area (TPSA) is 50.8 Å². The van der Waals surface area contributed by atoms with Crippen molar-refractivity contribution in [3.8, 4) is 5.75 Å². The van der Waals surface area contributed by atoms with E-state index < -0.39 is 0 Å². The Bertz CT molecular complexity index is 646. The lowest BCUT2D eigenvalue weighted by molar-refractivity contribution is -0.126. The van der Waals surface area contributed by atoms with E-state index in [1.54, 1.807) is 0 Å². The lowest BCUT2D eigenvalue weighted by Crippen LogP contribution is -2.53. The van der Waals surface area contributed by atoms with Crippen molar-refractivity contribution in [3.63, 3.8) is 0 Å². The molecule has 26 heavy (non-hydrogen) atoms. The summed E-state index contributed by atoms with van der Waals surface area (Å²) in [7, 11) is 0. The van der Waals surface area contributed by atoms with Crippen LogP contribution in [0.3, 0.4) is 0 Å². The van der Waals surface area contributed by atoms with Crippen LogP contribution in [0.15, 0.2) is 24.3 Å². The lowest BCUT2D eigenvalue weighted by atomic mass is 9.80. The third-order valence-electron chi connectivity index (χ3n) is 6.25. The van der Waals surface area contributed by atoms with Gasteiger partial charge < -0.3 is 19.7 Å². The van der Waals surface area contributed by atoms with E-state index in [4.69, 9.17) is 9.47 Å². The standard InChI is InChI=1S/C21H30N2O3/c1-15(2)23-10-8-21(9-11-23)13-18(17-5-3-4-6-19(17)26-21)22-20(24)16-7-12-25-14-16/h3-6,15-16,18H,7-14H2,1-2H3,(H,22,24)/t16-,18-/m1/s1. The van der Waals surface area contributed by atoms with Crippen molar-refractivity contribution in [1.29, 1.82) is 0 Å². The van der Waals surface area contributed by atoms with Gasteiger partial charge in [-0.2, -0.15) is 0 Å². The summed E-state index contributed by atoms with van der Waals surface area (Å²) in [5, 5.41) is 3.31. The summed E-state index contributed by atoms with van der Waals surface area (Å²) in [6, 6.07) is 8.77. The minimum Gasteiger partial charge on any atom is -0.487 e. The molecule has 1 spiro atoms. The predicted octanol–water partition coefficient (Wildman–Crippen LogP) is 2.91. The summed E-state index contributed by atoms with van der Waals surface area (Å²) in [6.45, 7) is 7.85. The zero-order valence-corrected chi connectivity index (χ0v) is 15.9. The number of amides is 1. The first kappa shape index (κ1) is 17.8. The van der Waals surface area contributed by atoms with Crippen LogP contribution in [0, 0.1) is 5.92 Å². The molecule has 4 rings (SSSR count). The van der Waals surface area contributed by atoms with Crippen LogP contribution in [0.4, 0.5) is 0 Å². The molecule has 5 heteroatoms. The molecule has 0 aliphatic carbocycles. The fourth-order valence-electron chi connectivity index (χ4n) is 4.53. The Balaban J connectivity index is 1.53. The first-order valence-corrected chi connectivity index (χ1v) is 9.96. The quantitative estimate of drug-likeness (QED) is 0.903. The lowest BCUT2D eigenvalue weighted by Gasteiger charge is -2.47. The van der Waals surface area contributed by atoms with E-state index in [0.717, 1.165) is 50.1 Å². The largest absolute Gasteiger partial charge is 0.487 e. The second kappa shape index (κ2) is 7.20. The third kappa shape index (κ3) is 3.47. The number of carbonyl (C=O) groups excluding carboxylic acids is 1. The monoisotopic (exact) mass is 358 g/mol. The normalized spacial score (nSPS) is 28.0. The van der Waals surface area contributed by atoms with Crippen LogP contribution in [-0.4, -0.2) is 48.8 Å². The molecule has 1 N–H and O–H groups in total. The number of piperidine rings is 1. The van der Waals surface area contributed by atoms with E-state index in [9.17, 15) is 4.79 Å². The smallest absolute Gasteiger partial charge is 0.226 e. The van der Waals surface area contributed by atoms with Crippen LogP contribution in [0.5, 0.6) is 5.75 Å². The average molecular weight is 358 g/mol. The number of para-hydroxylation sites is 1. The first-order chi connectivity index (χ1) is 12.6. The maximum Gasteiger partial charge on any atom is 0.226 e. The van der Waals surface area contributed by atoms with Crippen molar-refractivity contribution in [2.75, 3.05) is 26.3 Å². The van der Waals surface area contributed by atoms with Gasteiger partial charge in [-0.05, 0) is 39.2 Å². The Morgan fingerprint density at radius 3 is 2.73 bits per heavy atom. The fraction of sp³-hybridized carbons (Fsp3) is 0.667. The highest BCUT2D eigenvalue weighted by molar-refractivity contribution is 5.79. The zero-order valence-electron chi connectivity index (χ0n) is 15.9. The van der Waals surface area contributed by atoms with E-state index >= 15 is 0 Å². The molecule has 0 saturated carbocycles. The Hall–Kier alpha value is -1.59. The predicted molar refractivity (Wildman–Crippen MR) is 100 cm³/mol. The van der Waals surface area contributed by atoms with Crippen LogP contribution >= 0.6 is 0 Å². The number of benzene rings is 1. The number of likely N-dealkylation sites (tertiary alicyclic amines) is 1. The molecule has 3 aliphatic rings. The SMILES string of the molecule is CC(C)N1CCC2(CC1)C[C@@H](NC(=O)[C@@H]1CCOC1)c1ccccc1O2. The van der Waals surface area contributed by atoms with Crippen molar-refractivity contribution in [3.05, 3.63) is 29.8 Å². The van der Waals surface area contributed by atoms with E-state index in [2.05, 4.69) is 30.1 Å². The van der Waals surface area contributed by atoms with Gasteiger partial charge in [0, 0.05) is 37.7 Å². The molecule has 1 amide bonds. The summed E-state index contributed by atoms with van der Waals surface area (Å²) in [5.41, 5.74) is 0.945. The second-order valence-corrected chi connectivity index (χ2v) is 8.28. The highest BCUT2D eigenvalue weighted by Crippen LogP contribution is 2.44. The van der Waals surface area contributed by atoms with Gasteiger partial charge in [0.25, 0.3) is 0 Å². The highest BCUT2D eigenvalue weighted by atomic mass is 16.5. The van der Waals surface area contributed by atoms with Gasteiger partial charge in [-0.3, -0.25) is 4.79 Å². The number of rotatable bonds is 3. The summed E-state index contributed by atoms with van der Waals surface area (Å²) < 4.78 is 11.9. The summed E-state index contributed by atoms with van der Waals surface area (Å²) in [5.74, 6) is 1.05. The molecule has 1 aromatic carbocycles. The molecule has 5 nitrogen and oxygen atoms in total. The van der Waals surface area contributed by atoms with E-state index in [0.29, 0.717) is 19.3 Å². The van der Waals surface area contributed by atoms with Crippen molar-refractivity contribution >= 4 is 5.91 Å². The molecule has 0 radical (unpaired) electrons. The highest BCUT2D eigenvalue weighted by Gasteiger charge is 2.44. The zero-order chi connectivity index (χ0) is 18.1. The Morgan fingerprint density at radius 1 is 1.27 bits per heavy atom. The van der Waals surface area contributed by atoms with Crippen LogP contribution in [0.1, 0.15) is 51.1 Å². The van der Waals surface area contributed by atoms with E-state index in [-0.39, 0.29) is 23.5 Å². The molecular formula is C21H30N2O3. The molecule has 0 aromatic heterocycles. The van der Waals surface area contributed by atoms with Gasteiger partial charge in [0.15, 0.2) is 0 Å². The molecule has 0 unspecified atom stereocenters. The number of ether oxygens (including phenoxy) is 2. The van der Waals surface area contributed by atoms with Gasteiger partial charge in [0.1, 0.15) is 11.4 Å². The number of nitrogens with one attached hydrogen (secondary N) is 1. The Morgan fingerprint density at radius 2 is 2.04 bits per heavy atom. The van der Waals surface area contributed by atoms with Gasteiger partial charge in [-0.1, -0.05) is 18.2 Å². The van der Waals surface area contributed by atoms with Crippen molar-refractivity contribution in [1.82, 2.24) is 10.2 Å². The number of hydrogen-bond donors (Lipinski definition) is 1. The van der Waals surface area contributed by atoms with Gasteiger partial charge >= 0.3 is 0 Å². The first-order valence-electron chi connectivity index (χ1n) is 9.96. The molecule has 0 bridgehead atoms. The molecule has 142 valence electrons. The number of carbonyl (C=O) groups is 1. The molecule has 2 atom stereocenters. The number of fused-ring (bicyclic) bond motifs is 1. The molecule has 1 aromatic rings. The van der Waals surface area contributed by atoms with Crippen LogP contribution in [0.25, 0.3) is 0 Å². The van der Waals surface area contributed by atoms with Gasteiger partial charge in [0.05, 0.1) is 18.6 Å². The summed E-state index contributed by atoms with van der Waals surface area (Å²) in [6.07, 6.45) is 3.71. The number of hydrogen-bond acceptors (Lipinski definition) is 4. The van der Waals surface area contributed by atoms with Crippen LogP contribution in [0.2, 0.25) is 0 Å². The molecular weight excluding hydrogens is 328 g/mol. The Labute approximate surface area is 156 Å². The molecule has 3 aliphatic heterocycles. The van der Waals surface area contributed by atoms with Gasteiger partial charge in [-0.15, -0.1) is 0 Å². The maximum atomic E-state index is 12.7. The van der Waals surface area contributed by atoms with Crippen molar-refractivity contribution in [2.24, 2.45) is 5.92 Å². The summed E-state index contributed by atoms with van der Waals surface area (Å²) in [4.78, 5) is 15.2. The Kier molecular flexibility index (Phi) is 4.93. The minimum atomic E-state index is -0.163. The molecule has 2 saturated heterocycles. The van der Waals surface area contributed by atoms with Crippen LogP contribution in [-0.2, 0) is 9.53 Å². The average Bonchev–Trinajstić information content (AvgIpc) is 3.17. The summed E-state index contributed by atoms with van der Waals surface area (Å²) >= 11 is 0. The van der Waals surface area contributed by atoms with Gasteiger partial charge in [-0.25, -0.2) is 0 Å². The molecule has 2 fully saturated rings. The second-order valence-electron chi connectivity index (χ2n) is 8.28. The van der Waals surface area contributed by atoms with Crippen LogP contribution < -0.4 is 10.1 Å². The number of nitrogens with zero attached hydrogens (tertiary/aromatic N) is 1. The maximum absolute atomic E-state index is 12.7. The fourth-order valence-corrected chi connectivity index (χ4v) is 4.53. The van der Waals surface area contributed by atoms with E-state index in [1.807, 2.05) is 18.2 Å². The van der Waals surface area contributed by atoms with E-state index in [1.165, 1.54) is 0 Å². The third-order valence-corrected chi connectivity index (χ3v) is 6.25. The minimum absolute atomic E-state index is 0.0104. The molecule has 3 heterocycles. The van der Waals surface area contributed by atoms with Gasteiger partial charge in [0.2, 0.25) is 5.91 Å². The van der Waals surface area contributed by atoms with Crippen molar-refractivity contribution in [2.45, 2.75) is 57.2 Å². The van der Waals surface area contributed by atoms with Crippen molar-refractivity contribution < 1.29 is 14.3 Å².